The second-order valence-corrected chi connectivity index (χ2v) is 4.50. The molecule has 1 aliphatic rings. The largest absolute Gasteiger partial charge is 0.383 e. The molecule has 0 bridgehead atoms. The first-order chi connectivity index (χ1) is 7.69. The van der Waals surface area contributed by atoms with Crippen LogP contribution in [0.5, 0.6) is 0 Å². The summed E-state index contributed by atoms with van der Waals surface area (Å²) in [5.41, 5.74) is 0.309. The first-order valence-electron chi connectivity index (χ1n) is 6.16. The average molecular weight is 223 g/mol. The number of aliphatic hydroxyl groups is 1. The summed E-state index contributed by atoms with van der Waals surface area (Å²) in [6, 6.07) is 1.95. The van der Waals surface area contributed by atoms with Crippen molar-refractivity contribution in [3.63, 3.8) is 0 Å². The molecule has 0 aromatic carbocycles. The average Bonchev–Trinajstić information content (AvgIpc) is 2.79. The van der Waals surface area contributed by atoms with Crippen LogP contribution in [0.4, 0.5) is 0 Å². The lowest BCUT2D eigenvalue weighted by Crippen LogP contribution is -2.43. The van der Waals surface area contributed by atoms with E-state index in [0.717, 1.165) is 44.7 Å². The molecule has 1 N–H and O–H groups in total. The van der Waals surface area contributed by atoms with Crippen LogP contribution in [0, 0.1) is 0 Å². The molecular weight excluding hydrogens is 202 g/mol. The molecule has 0 atom stereocenters. The molecule has 2 heterocycles. The fourth-order valence-corrected chi connectivity index (χ4v) is 2.48. The predicted molar refractivity (Wildman–Crippen MR) is 63.1 cm³/mol. The Labute approximate surface area is 96.9 Å². The summed E-state index contributed by atoms with van der Waals surface area (Å²) >= 11 is 0. The minimum atomic E-state index is -0.668. The molecule has 2 rings (SSSR count). The molecule has 1 saturated heterocycles. The van der Waals surface area contributed by atoms with Crippen molar-refractivity contribution in [2.75, 3.05) is 19.6 Å². The molecule has 0 aliphatic carbocycles. The number of aryl methyl sites for hydroxylation is 1. The van der Waals surface area contributed by atoms with E-state index >= 15 is 0 Å². The van der Waals surface area contributed by atoms with E-state index in [1.54, 1.807) is 6.20 Å². The van der Waals surface area contributed by atoms with Crippen LogP contribution in [-0.4, -0.2) is 39.4 Å². The predicted octanol–water partition coefficient (Wildman–Crippen LogP) is 1.21. The third-order valence-corrected chi connectivity index (χ3v) is 3.62. The maximum Gasteiger partial charge on any atom is 0.109 e. The van der Waals surface area contributed by atoms with Gasteiger partial charge in [0, 0.05) is 25.8 Å². The lowest BCUT2D eigenvalue weighted by atomic mass is 9.88. The highest BCUT2D eigenvalue weighted by Gasteiger charge is 2.35. The van der Waals surface area contributed by atoms with E-state index in [-0.39, 0.29) is 0 Å². The molecule has 0 unspecified atom stereocenters. The Kier molecular flexibility index (Phi) is 3.30. The second kappa shape index (κ2) is 4.55. The van der Waals surface area contributed by atoms with Gasteiger partial charge in [-0.2, -0.15) is 5.10 Å². The maximum atomic E-state index is 10.7. The van der Waals surface area contributed by atoms with Gasteiger partial charge in [-0.15, -0.1) is 0 Å². The number of likely N-dealkylation sites (tertiary alicyclic amines) is 1. The summed E-state index contributed by atoms with van der Waals surface area (Å²) in [6.07, 6.45) is 3.40. The van der Waals surface area contributed by atoms with E-state index in [1.165, 1.54) is 0 Å². The van der Waals surface area contributed by atoms with E-state index in [4.69, 9.17) is 0 Å². The van der Waals surface area contributed by atoms with Crippen LogP contribution in [0.1, 0.15) is 32.4 Å². The lowest BCUT2D eigenvalue weighted by molar-refractivity contribution is -0.0314. The van der Waals surface area contributed by atoms with E-state index in [1.807, 2.05) is 10.7 Å². The van der Waals surface area contributed by atoms with Crippen molar-refractivity contribution in [3.05, 3.63) is 18.0 Å². The Morgan fingerprint density at radius 3 is 2.56 bits per heavy atom. The summed E-state index contributed by atoms with van der Waals surface area (Å²) in [4.78, 5) is 2.38. The molecule has 1 aliphatic heterocycles. The summed E-state index contributed by atoms with van der Waals surface area (Å²) in [6.45, 7) is 8.07. The Morgan fingerprint density at radius 2 is 2.00 bits per heavy atom. The van der Waals surface area contributed by atoms with E-state index in [2.05, 4.69) is 23.8 Å². The van der Waals surface area contributed by atoms with Crippen molar-refractivity contribution < 1.29 is 5.11 Å². The summed E-state index contributed by atoms with van der Waals surface area (Å²) in [5, 5.41) is 14.9. The number of piperidine rings is 1. The smallest absolute Gasteiger partial charge is 0.109 e. The van der Waals surface area contributed by atoms with E-state index in [9.17, 15) is 5.11 Å². The molecule has 0 saturated carbocycles. The minimum absolute atomic E-state index is 0.668. The van der Waals surface area contributed by atoms with Gasteiger partial charge in [0.05, 0.1) is 5.69 Å². The molecule has 1 aromatic rings. The van der Waals surface area contributed by atoms with Gasteiger partial charge >= 0.3 is 0 Å². The molecule has 4 heteroatoms. The first-order valence-corrected chi connectivity index (χ1v) is 6.16. The van der Waals surface area contributed by atoms with Gasteiger partial charge < -0.3 is 10.0 Å². The zero-order valence-electron chi connectivity index (χ0n) is 10.2. The zero-order valence-corrected chi connectivity index (χ0v) is 10.2. The standard InChI is InChI=1S/C12H21N3O/c1-3-14-9-6-12(16,7-10-14)11-5-8-13-15(11)4-2/h5,8,16H,3-4,6-7,9-10H2,1-2H3. The highest BCUT2D eigenvalue weighted by Crippen LogP contribution is 2.32. The second-order valence-electron chi connectivity index (χ2n) is 4.50. The summed E-state index contributed by atoms with van der Waals surface area (Å²) < 4.78 is 1.90. The van der Waals surface area contributed by atoms with Gasteiger partial charge in [-0.1, -0.05) is 6.92 Å². The Bertz CT molecular complexity index is 340. The number of nitrogens with zero attached hydrogens (tertiary/aromatic N) is 3. The van der Waals surface area contributed by atoms with Gasteiger partial charge in [-0.3, -0.25) is 4.68 Å². The molecule has 0 spiro atoms. The van der Waals surface area contributed by atoms with Crippen molar-refractivity contribution in [2.24, 2.45) is 0 Å². The summed E-state index contributed by atoms with van der Waals surface area (Å²) in [5.74, 6) is 0. The van der Waals surface area contributed by atoms with Crippen LogP contribution in [-0.2, 0) is 12.1 Å². The fourth-order valence-electron chi connectivity index (χ4n) is 2.48. The number of rotatable bonds is 3. The first kappa shape index (κ1) is 11.6. The molecular formula is C12H21N3O. The molecule has 0 amide bonds. The maximum absolute atomic E-state index is 10.7. The van der Waals surface area contributed by atoms with Gasteiger partial charge in [0.1, 0.15) is 5.60 Å². The van der Waals surface area contributed by atoms with Gasteiger partial charge in [-0.05, 0) is 32.4 Å². The van der Waals surface area contributed by atoms with Gasteiger partial charge in [0.25, 0.3) is 0 Å². The van der Waals surface area contributed by atoms with Crippen molar-refractivity contribution in [2.45, 2.75) is 38.8 Å². The van der Waals surface area contributed by atoms with Crippen LogP contribution in [0.3, 0.4) is 0 Å². The van der Waals surface area contributed by atoms with Gasteiger partial charge in [-0.25, -0.2) is 0 Å². The third-order valence-electron chi connectivity index (χ3n) is 3.62. The minimum Gasteiger partial charge on any atom is -0.383 e. The monoisotopic (exact) mass is 223 g/mol. The van der Waals surface area contributed by atoms with Crippen molar-refractivity contribution in [3.8, 4) is 0 Å². The van der Waals surface area contributed by atoms with Crippen LogP contribution in [0.2, 0.25) is 0 Å². The molecule has 0 radical (unpaired) electrons. The fraction of sp³-hybridized carbons (Fsp3) is 0.750. The van der Waals surface area contributed by atoms with Crippen LogP contribution in [0.25, 0.3) is 0 Å². The zero-order chi connectivity index (χ0) is 11.6. The van der Waals surface area contributed by atoms with Crippen molar-refractivity contribution in [1.29, 1.82) is 0 Å². The lowest BCUT2D eigenvalue weighted by Gasteiger charge is -2.37. The Morgan fingerprint density at radius 1 is 1.31 bits per heavy atom. The topological polar surface area (TPSA) is 41.3 Å². The number of hydrogen-bond acceptors (Lipinski definition) is 3. The third kappa shape index (κ3) is 1.99. The molecule has 1 fully saturated rings. The SMILES string of the molecule is CCN1CCC(O)(c2ccnn2CC)CC1. The normalized spacial score (nSPS) is 21.2. The van der Waals surface area contributed by atoms with Gasteiger partial charge in [0.2, 0.25) is 0 Å². The molecule has 4 nitrogen and oxygen atoms in total. The van der Waals surface area contributed by atoms with Crippen LogP contribution < -0.4 is 0 Å². The van der Waals surface area contributed by atoms with Crippen molar-refractivity contribution >= 4 is 0 Å². The molecule has 16 heavy (non-hydrogen) atoms. The number of hydrogen-bond donors (Lipinski definition) is 1. The van der Waals surface area contributed by atoms with Gasteiger partial charge in [0.15, 0.2) is 0 Å². The quantitative estimate of drug-likeness (QED) is 0.837. The van der Waals surface area contributed by atoms with E-state index < -0.39 is 5.60 Å². The highest BCUT2D eigenvalue weighted by molar-refractivity contribution is 5.13. The van der Waals surface area contributed by atoms with Crippen LogP contribution >= 0.6 is 0 Å². The number of aromatic nitrogens is 2. The Balaban J connectivity index is 2.14. The molecule has 1 aromatic heterocycles. The highest BCUT2D eigenvalue weighted by atomic mass is 16.3. The molecule has 90 valence electrons. The Hall–Kier alpha value is -0.870. The van der Waals surface area contributed by atoms with Crippen LogP contribution in [0.15, 0.2) is 12.3 Å². The van der Waals surface area contributed by atoms with E-state index in [0.29, 0.717) is 0 Å². The van der Waals surface area contributed by atoms with Crippen molar-refractivity contribution in [1.82, 2.24) is 14.7 Å². The summed E-state index contributed by atoms with van der Waals surface area (Å²) in [7, 11) is 0.